The highest BCUT2D eigenvalue weighted by molar-refractivity contribution is 5.78. The van der Waals surface area contributed by atoms with E-state index in [1.807, 2.05) is 11.1 Å². The molecule has 2 aromatic rings. The standard InChI is InChI=1S/C16H22N4O/c1-12(21)20-6-5-14(11-20)10-19(2)9-13-3-4-15-8-17-18-16(15)7-13/h3-4,7-8,14H,5-6,9-11H2,1-2H3,(H,17,18). The summed E-state index contributed by atoms with van der Waals surface area (Å²) in [6.07, 6.45) is 2.96. The van der Waals surface area contributed by atoms with E-state index in [0.29, 0.717) is 5.92 Å². The predicted molar refractivity (Wildman–Crippen MR) is 82.8 cm³/mol. The Balaban J connectivity index is 1.56. The molecular weight excluding hydrogens is 264 g/mol. The van der Waals surface area contributed by atoms with Gasteiger partial charge in [-0.3, -0.25) is 9.89 Å². The number of rotatable bonds is 4. The van der Waals surface area contributed by atoms with Crippen molar-refractivity contribution >= 4 is 16.8 Å². The third kappa shape index (κ3) is 3.24. The highest BCUT2D eigenvalue weighted by Crippen LogP contribution is 2.19. The largest absolute Gasteiger partial charge is 0.343 e. The van der Waals surface area contributed by atoms with Gasteiger partial charge in [0.2, 0.25) is 5.91 Å². The number of nitrogens with one attached hydrogen (secondary N) is 1. The minimum absolute atomic E-state index is 0.199. The van der Waals surface area contributed by atoms with Crippen molar-refractivity contribution in [1.29, 1.82) is 0 Å². The SMILES string of the molecule is CC(=O)N1CCC(CN(C)Cc2ccc3cn[nH]c3c2)C1. The van der Waals surface area contributed by atoms with Crippen LogP contribution in [0.3, 0.4) is 0 Å². The number of aromatic amines is 1. The van der Waals surface area contributed by atoms with Gasteiger partial charge in [0.25, 0.3) is 0 Å². The summed E-state index contributed by atoms with van der Waals surface area (Å²) in [6, 6.07) is 6.43. The first-order chi connectivity index (χ1) is 10.1. The number of aromatic nitrogens is 2. The molecule has 1 aromatic carbocycles. The van der Waals surface area contributed by atoms with Crippen LogP contribution in [-0.4, -0.2) is 52.6 Å². The van der Waals surface area contributed by atoms with E-state index in [9.17, 15) is 4.79 Å². The summed E-state index contributed by atoms with van der Waals surface area (Å²) in [5, 5.41) is 8.21. The number of likely N-dealkylation sites (tertiary alicyclic amines) is 1. The Morgan fingerprint density at radius 3 is 3.14 bits per heavy atom. The van der Waals surface area contributed by atoms with Crippen molar-refractivity contribution in [3.8, 4) is 0 Å². The molecule has 1 N–H and O–H groups in total. The van der Waals surface area contributed by atoms with E-state index in [1.165, 1.54) is 5.56 Å². The molecule has 1 unspecified atom stereocenters. The van der Waals surface area contributed by atoms with Crippen LogP contribution in [0.4, 0.5) is 0 Å². The van der Waals surface area contributed by atoms with Gasteiger partial charge in [-0.2, -0.15) is 5.10 Å². The van der Waals surface area contributed by atoms with Crippen molar-refractivity contribution in [3.63, 3.8) is 0 Å². The molecule has 1 amide bonds. The van der Waals surface area contributed by atoms with Crippen molar-refractivity contribution in [2.75, 3.05) is 26.7 Å². The van der Waals surface area contributed by atoms with Gasteiger partial charge in [0, 0.05) is 38.5 Å². The Kier molecular flexibility index (Phi) is 3.92. The Bertz CT molecular complexity index is 636. The number of carbonyl (C=O) groups is 1. The molecular formula is C16H22N4O. The summed E-state index contributed by atoms with van der Waals surface area (Å²) in [4.78, 5) is 15.7. The molecule has 1 aliphatic heterocycles. The molecule has 1 atom stereocenters. The normalized spacial score (nSPS) is 18.8. The van der Waals surface area contributed by atoms with E-state index in [4.69, 9.17) is 0 Å². The van der Waals surface area contributed by atoms with Gasteiger partial charge in [0.15, 0.2) is 0 Å². The molecule has 5 heteroatoms. The molecule has 5 nitrogen and oxygen atoms in total. The van der Waals surface area contributed by atoms with Crippen LogP contribution in [0.2, 0.25) is 0 Å². The zero-order valence-corrected chi connectivity index (χ0v) is 12.7. The number of carbonyl (C=O) groups excluding carboxylic acids is 1. The third-order valence-corrected chi connectivity index (χ3v) is 4.26. The second kappa shape index (κ2) is 5.85. The van der Waals surface area contributed by atoms with E-state index < -0.39 is 0 Å². The van der Waals surface area contributed by atoms with Gasteiger partial charge < -0.3 is 9.80 Å². The number of benzene rings is 1. The third-order valence-electron chi connectivity index (χ3n) is 4.26. The molecule has 3 rings (SSSR count). The molecule has 21 heavy (non-hydrogen) atoms. The lowest BCUT2D eigenvalue weighted by atomic mass is 10.1. The first-order valence-corrected chi connectivity index (χ1v) is 7.48. The van der Waals surface area contributed by atoms with Crippen LogP contribution < -0.4 is 0 Å². The Labute approximate surface area is 124 Å². The van der Waals surface area contributed by atoms with Gasteiger partial charge in [-0.15, -0.1) is 0 Å². The quantitative estimate of drug-likeness (QED) is 0.933. The first kappa shape index (κ1) is 14.1. The Hall–Kier alpha value is -1.88. The maximum absolute atomic E-state index is 11.4. The minimum atomic E-state index is 0.199. The molecule has 0 radical (unpaired) electrons. The number of hydrogen-bond donors (Lipinski definition) is 1. The van der Waals surface area contributed by atoms with Crippen LogP contribution in [0.5, 0.6) is 0 Å². The number of amides is 1. The van der Waals surface area contributed by atoms with Crippen LogP contribution in [0.15, 0.2) is 24.4 Å². The smallest absolute Gasteiger partial charge is 0.219 e. The van der Waals surface area contributed by atoms with Crippen LogP contribution in [0, 0.1) is 5.92 Å². The van der Waals surface area contributed by atoms with Gasteiger partial charge in [-0.1, -0.05) is 12.1 Å². The Morgan fingerprint density at radius 1 is 1.52 bits per heavy atom. The van der Waals surface area contributed by atoms with E-state index >= 15 is 0 Å². The van der Waals surface area contributed by atoms with E-state index in [-0.39, 0.29) is 5.91 Å². The second-order valence-electron chi connectivity index (χ2n) is 6.11. The number of fused-ring (bicyclic) bond motifs is 1. The number of H-pyrrole nitrogens is 1. The maximum Gasteiger partial charge on any atom is 0.219 e. The lowest BCUT2D eigenvalue weighted by Gasteiger charge is -2.21. The monoisotopic (exact) mass is 286 g/mol. The molecule has 0 spiro atoms. The van der Waals surface area contributed by atoms with Crippen molar-refractivity contribution in [3.05, 3.63) is 30.0 Å². The van der Waals surface area contributed by atoms with Gasteiger partial charge in [-0.05, 0) is 31.0 Å². The van der Waals surface area contributed by atoms with Gasteiger partial charge >= 0.3 is 0 Å². The van der Waals surface area contributed by atoms with Crippen molar-refractivity contribution in [2.24, 2.45) is 5.92 Å². The predicted octanol–water partition coefficient (Wildman–Crippen LogP) is 1.86. The maximum atomic E-state index is 11.4. The molecule has 2 heterocycles. The summed E-state index contributed by atoms with van der Waals surface area (Å²) in [7, 11) is 2.15. The van der Waals surface area contributed by atoms with Crippen LogP contribution in [-0.2, 0) is 11.3 Å². The zero-order chi connectivity index (χ0) is 14.8. The van der Waals surface area contributed by atoms with E-state index in [1.54, 1.807) is 6.92 Å². The first-order valence-electron chi connectivity index (χ1n) is 7.48. The van der Waals surface area contributed by atoms with Gasteiger partial charge in [-0.25, -0.2) is 0 Å². The number of hydrogen-bond acceptors (Lipinski definition) is 3. The lowest BCUT2D eigenvalue weighted by molar-refractivity contribution is -0.127. The topological polar surface area (TPSA) is 52.2 Å². The summed E-state index contributed by atoms with van der Waals surface area (Å²) in [5.74, 6) is 0.791. The van der Waals surface area contributed by atoms with Crippen LogP contribution in [0.1, 0.15) is 18.9 Å². The van der Waals surface area contributed by atoms with Crippen LogP contribution >= 0.6 is 0 Å². The second-order valence-corrected chi connectivity index (χ2v) is 6.11. The van der Waals surface area contributed by atoms with E-state index in [0.717, 1.165) is 43.5 Å². The average Bonchev–Trinajstić information content (AvgIpc) is 3.06. The number of nitrogens with zero attached hydrogens (tertiary/aromatic N) is 3. The molecule has 1 aromatic heterocycles. The minimum Gasteiger partial charge on any atom is -0.343 e. The van der Waals surface area contributed by atoms with Crippen molar-refractivity contribution in [2.45, 2.75) is 19.9 Å². The fourth-order valence-corrected chi connectivity index (χ4v) is 3.17. The summed E-state index contributed by atoms with van der Waals surface area (Å²) in [5.41, 5.74) is 2.38. The van der Waals surface area contributed by atoms with Crippen LogP contribution in [0.25, 0.3) is 10.9 Å². The van der Waals surface area contributed by atoms with Gasteiger partial charge in [0.1, 0.15) is 0 Å². The highest BCUT2D eigenvalue weighted by Gasteiger charge is 2.24. The molecule has 1 saturated heterocycles. The molecule has 112 valence electrons. The highest BCUT2D eigenvalue weighted by atomic mass is 16.2. The average molecular weight is 286 g/mol. The van der Waals surface area contributed by atoms with E-state index in [2.05, 4.69) is 40.3 Å². The molecule has 0 saturated carbocycles. The fourth-order valence-electron chi connectivity index (χ4n) is 3.17. The van der Waals surface area contributed by atoms with Crippen molar-refractivity contribution < 1.29 is 4.79 Å². The molecule has 1 aliphatic rings. The zero-order valence-electron chi connectivity index (χ0n) is 12.7. The molecule has 0 bridgehead atoms. The summed E-state index contributed by atoms with van der Waals surface area (Å²) >= 11 is 0. The Morgan fingerprint density at radius 2 is 2.38 bits per heavy atom. The fraction of sp³-hybridized carbons (Fsp3) is 0.500. The molecule has 0 aliphatic carbocycles. The molecule has 1 fully saturated rings. The summed E-state index contributed by atoms with van der Waals surface area (Å²) in [6.45, 7) is 5.43. The summed E-state index contributed by atoms with van der Waals surface area (Å²) < 4.78 is 0. The van der Waals surface area contributed by atoms with Gasteiger partial charge in [0.05, 0.1) is 11.7 Å². The lowest BCUT2D eigenvalue weighted by Crippen LogP contribution is -2.30. The van der Waals surface area contributed by atoms with Crippen molar-refractivity contribution in [1.82, 2.24) is 20.0 Å².